The summed E-state index contributed by atoms with van der Waals surface area (Å²) in [5.41, 5.74) is 2.13. The number of anilines is 1. The van der Waals surface area contributed by atoms with E-state index in [1.807, 2.05) is 6.07 Å². The molecule has 1 aliphatic heterocycles. The number of fused-ring (bicyclic) bond motifs is 1. The van der Waals surface area contributed by atoms with Crippen molar-refractivity contribution in [2.75, 3.05) is 11.6 Å². The third kappa shape index (κ3) is 3.18. The van der Waals surface area contributed by atoms with Gasteiger partial charge in [0.1, 0.15) is 0 Å². The highest BCUT2D eigenvalue weighted by Gasteiger charge is 2.31. The maximum absolute atomic E-state index is 11.5. The lowest BCUT2D eigenvalue weighted by atomic mass is 9.91. The number of aliphatic hydroxyl groups is 1. The van der Waals surface area contributed by atoms with Crippen LogP contribution in [0.15, 0.2) is 21.1 Å². The van der Waals surface area contributed by atoms with E-state index in [0.29, 0.717) is 12.7 Å². The summed E-state index contributed by atoms with van der Waals surface area (Å²) < 4.78 is 1.96. The van der Waals surface area contributed by atoms with Gasteiger partial charge in [-0.05, 0) is 59.3 Å². The summed E-state index contributed by atoms with van der Waals surface area (Å²) in [6.45, 7) is 1.47. The van der Waals surface area contributed by atoms with Gasteiger partial charge in [-0.15, -0.1) is 0 Å². The van der Waals surface area contributed by atoms with Crippen LogP contribution in [0.2, 0.25) is 0 Å². The monoisotopic (exact) mass is 416 g/mol. The van der Waals surface area contributed by atoms with Crippen molar-refractivity contribution in [3.05, 3.63) is 26.6 Å². The fourth-order valence-corrected chi connectivity index (χ4v) is 4.89. The second kappa shape index (κ2) is 6.36. The Morgan fingerprint density at radius 3 is 2.57 bits per heavy atom. The average molecular weight is 418 g/mol. The number of hydrogen-bond acceptors (Lipinski definition) is 3. The highest BCUT2D eigenvalue weighted by Crippen LogP contribution is 2.38. The van der Waals surface area contributed by atoms with Gasteiger partial charge in [0, 0.05) is 21.5 Å². The summed E-state index contributed by atoms with van der Waals surface area (Å²) in [6, 6.07) is 4.50. The Kier molecular flexibility index (Phi) is 4.69. The molecule has 0 unspecified atom stereocenters. The number of hydrogen-bond donors (Lipinski definition) is 1. The molecule has 1 amide bonds. The Bertz CT molecular complexity index is 545. The number of benzene rings is 1. The zero-order valence-corrected chi connectivity index (χ0v) is 14.8. The Hall–Kier alpha value is -0.430. The molecule has 114 valence electrons. The minimum Gasteiger partial charge on any atom is -0.393 e. The van der Waals surface area contributed by atoms with Crippen molar-refractivity contribution in [3.63, 3.8) is 0 Å². The lowest BCUT2D eigenvalue weighted by Gasteiger charge is -2.42. The number of aliphatic hydroxyl groups excluding tert-OH is 1. The van der Waals surface area contributed by atoms with Crippen molar-refractivity contribution in [1.29, 1.82) is 0 Å². The van der Waals surface area contributed by atoms with Crippen molar-refractivity contribution >= 4 is 44.0 Å². The van der Waals surface area contributed by atoms with Gasteiger partial charge in [0.15, 0.2) is 0 Å². The van der Waals surface area contributed by atoms with E-state index < -0.39 is 0 Å². The molecule has 6 heteroatoms. The molecular weight excluding hydrogens is 400 g/mol. The second-order valence-corrected chi connectivity index (χ2v) is 7.59. The van der Waals surface area contributed by atoms with Crippen LogP contribution >= 0.6 is 31.9 Å². The summed E-state index contributed by atoms with van der Waals surface area (Å²) in [7, 11) is 0. The number of amides is 1. The van der Waals surface area contributed by atoms with Crippen LogP contribution in [-0.4, -0.2) is 35.2 Å². The van der Waals surface area contributed by atoms with Crippen LogP contribution in [0.25, 0.3) is 0 Å². The second-order valence-electron chi connectivity index (χ2n) is 5.82. The first-order chi connectivity index (χ1) is 10.1. The predicted molar refractivity (Wildman–Crippen MR) is 89.1 cm³/mol. The molecule has 1 fully saturated rings. The van der Waals surface area contributed by atoms with E-state index >= 15 is 0 Å². The van der Waals surface area contributed by atoms with Gasteiger partial charge in [0.05, 0.1) is 18.5 Å². The molecule has 1 aromatic carbocycles. The molecule has 1 aromatic rings. The standard InChI is InChI=1S/C15H18Br2N2O2/c16-11-5-10-7-18(12-1-3-13(21)4-2-12)8-19(9-20)15(10)14(17)6-11/h5-6,9,12-13,21H,1-4,7-8H2. The molecule has 21 heavy (non-hydrogen) atoms. The van der Waals surface area contributed by atoms with Gasteiger partial charge in [-0.25, -0.2) is 0 Å². The van der Waals surface area contributed by atoms with E-state index in [1.54, 1.807) is 4.90 Å². The van der Waals surface area contributed by atoms with Gasteiger partial charge >= 0.3 is 0 Å². The van der Waals surface area contributed by atoms with Crippen LogP contribution < -0.4 is 4.90 Å². The first-order valence-electron chi connectivity index (χ1n) is 7.20. The molecule has 1 saturated carbocycles. The van der Waals surface area contributed by atoms with E-state index in [9.17, 15) is 9.90 Å². The maximum Gasteiger partial charge on any atom is 0.215 e. The van der Waals surface area contributed by atoms with Crippen LogP contribution in [0, 0.1) is 0 Å². The van der Waals surface area contributed by atoms with E-state index in [4.69, 9.17) is 0 Å². The third-order valence-corrected chi connectivity index (χ3v) is 5.47. The molecule has 0 spiro atoms. The molecule has 1 aliphatic carbocycles. The lowest BCUT2D eigenvalue weighted by Crippen LogP contribution is -2.48. The normalized spacial score (nSPS) is 26.5. The molecule has 0 aromatic heterocycles. The SMILES string of the molecule is O=CN1CN(C2CCC(O)CC2)Cc2cc(Br)cc(Br)c21. The molecule has 3 rings (SSSR count). The van der Waals surface area contributed by atoms with Crippen LogP contribution in [0.3, 0.4) is 0 Å². The summed E-state index contributed by atoms with van der Waals surface area (Å²) >= 11 is 7.07. The Morgan fingerprint density at radius 2 is 1.90 bits per heavy atom. The van der Waals surface area contributed by atoms with E-state index in [-0.39, 0.29) is 6.10 Å². The maximum atomic E-state index is 11.5. The largest absolute Gasteiger partial charge is 0.393 e. The number of rotatable bonds is 2. The van der Waals surface area contributed by atoms with E-state index in [0.717, 1.165) is 58.8 Å². The summed E-state index contributed by atoms with van der Waals surface area (Å²) in [6.07, 6.45) is 4.47. The van der Waals surface area contributed by atoms with E-state index in [2.05, 4.69) is 42.8 Å². The topological polar surface area (TPSA) is 43.8 Å². The summed E-state index contributed by atoms with van der Waals surface area (Å²) in [5, 5.41) is 9.66. The van der Waals surface area contributed by atoms with E-state index in [1.165, 1.54) is 0 Å². The highest BCUT2D eigenvalue weighted by atomic mass is 79.9. The zero-order chi connectivity index (χ0) is 15.0. The minimum absolute atomic E-state index is 0.149. The molecule has 4 nitrogen and oxygen atoms in total. The molecule has 0 atom stereocenters. The Morgan fingerprint density at radius 1 is 1.19 bits per heavy atom. The first-order valence-corrected chi connectivity index (χ1v) is 8.79. The molecule has 0 bridgehead atoms. The molecule has 1 heterocycles. The highest BCUT2D eigenvalue weighted by molar-refractivity contribution is 9.11. The van der Waals surface area contributed by atoms with Crippen molar-refractivity contribution < 1.29 is 9.90 Å². The molecule has 1 N–H and O–H groups in total. The fraction of sp³-hybridized carbons (Fsp3) is 0.533. The van der Waals surface area contributed by atoms with Crippen molar-refractivity contribution in [2.24, 2.45) is 0 Å². The van der Waals surface area contributed by atoms with Crippen LogP contribution in [0.4, 0.5) is 5.69 Å². The quantitative estimate of drug-likeness (QED) is 0.751. The third-order valence-electron chi connectivity index (χ3n) is 4.41. The van der Waals surface area contributed by atoms with Gasteiger partial charge in [0.25, 0.3) is 0 Å². The lowest BCUT2D eigenvalue weighted by molar-refractivity contribution is -0.108. The fourth-order valence-electron chi connectivity index (χ4n) is 3.35. The summed E-state index contributed by atoms with van der Waals surface area (Å²) in [5.74, 6) is 0. The van der Waals surface area contributed by atoms with Crippen LogP contribution in [0.5, 0.6) is 0 Å². The number of carbonyl (C=O) groups is 1. The van der Waals surface area contributed by atoms with Crippen molar-refractivity contribution in [3.8, 4) is 0 Å². The van der Waals surface area contributed by atoms with Crippen molar-refractivity contribution in [2.45, 2.75) is 44.4 Å². The zero-order valence-electron chi connectivity index (χ0n) is 11.6. The Labute approximate surface area is 141 Å². The van der Waals surface area contributed by atoms with Gasteiger partial charge < -0.3 is 10.0 Å². The molecular formula is C15H18Br2N2O2. The minimum atomic E-state index is -0.149. The van der Waals surface area contributed by atoms with Crippen LogP contribution in [-0.2, 0) is 11.3 Å². The number of carbonyl (C=O) groups excluding carboxylic acids is 1. The van der Waals surface area contributed by atoms with Gasteiger partial charge in [-0.1, -0.05) is 15.9 Å². The molecule has 2 aliphatic rings. The summed E-state index contributed by atoms with van der Waals surface area (Å²) in [4.78, 5) is 15.6. The van der Waals surface area contributed by atoms with Gasteiger partial charge in [-0.2, -0.15) is 0 Å². The van der Waals surface area contributed by atoms with Crippen LogP contribution in [0.1, 0.15) is 31.2 Å². The smallest absolute Gasteiger partial charge is 0.215 e. The van der Waals surface area contributed by atoms with Gasteiger partial charge in [0.2, 0.25) is 6.41 Å². The molecule has 0 saturated heterocycles. The number of nitrogens with zero attached hydrogens (tertiary/aromatic N) is 2. The average Bonchev–Trinajstić information content (AvgIpc) is 2.46. The predicted octanol–water partition coefficient (Wildman–Crippen LogP) is 3.25. The number of halogens is 2. The Balaban J connectivity index is 1.86. The first kappa shape index (κ1) is 15.5. The molecule has 0 radical (unpaired) electrons. The van der Waals surface area contributed by atoms with Gasteiger partial charge in [-0.3, -0.25) is 9.69 Å². The van der Waals surface area contributed by atoms with Crippen molar-refractivity contribution in [1.82, 2.24) is 4.90 Å².